The van der Waals surface area contributed by atoms with Crippen LogP contribution in [-0.2, 0) is 96.0 Å². The fraction of sp³-hybridized carbons (Fsp3) is 0.511. The number of urea groups is 1. The third-order valence-corrected chi connectivity index (χ3v) is 23.1. The summed E-state index contributed by atoms with van der Waals surface area (Å²) in [6.45, 7) is -0.0201. The van der Waals surface area contributed by atoms with Crippen LogP contribution in [0, 0.1) is 21.6 Å². The molecule has 41 N–H and O–H groups in total. The van der Waals surface area contributed by atoms with Crippen LogP contribution in [0.1, 0.15) is 139 Å². The topological polar surface area (TPSA) is 882 Å². The van der Waals surface area contributed by atoms with E-state index in [0.717, 1.165) is 15.7 Å². The highest BCUT2D eigenvalue weighted by molar-refractivity contribution is 7.80. The Balaban J connectivity index is 1.46. The van der Waals surface area contributed by atoms with Crippen LogP contribution in [0.4, 0.5) is 4.79 Å². The zero-order valence-electron chi connectivity index (χ0n) is 77.9. The number of carbonyl (C=O) groups excluding carboxylic acids is 15. The third-order valence-electron chi connectivity index (χ3n) is 22.3. The number of likely N-dealkylation sites (tertiary alicyclic amines) is 1. The molecule has 141 heavy (non-hydrogen) atoms. The minimum Gasteiger partial charge on any atom is -0.508 e. The summed E-state index contributed by atoms with van der Waals surface area (Å²) in [5.41, 5.74) is 46.0. The lowest BCUT2D eigenvalue weighted by Crippen LogP contribution is -2.61. The fourth-order valence-corrected chi connectivity index (χ4v) is 15.3. The number of benzene rings is 4. The van der Waals surface area contributed by atoms with Gasteiger partial charge in [0.05, 0.1) is 6.04 Å². The van der Waals surface area contributed by atoms with E-state index < -0.39 is 241 Å². The molecule has 0 radical (unpaired) electrons. The smallest absolute Gasteiger partial charge is 0.312 e. The molecule has 0 saturated carbocycles. The zero-order chi connectivity index (χ0) is 104. The predicted molar refractivity (Wildman–Crippen MR) is 524 cm³/mol. The molecule has 1 fully saturated rings. The monoisotopic (exact) mass is 2010 g/mol. The SMILES string of the molecule is N=C(N)NCCC[C@H](NC(=O)[C@H](CS)NC(=O)[C@@H](CCC(=O)O)NC(=O)[C@H](CCCNC(=N)N)NC(=O)[C@H](Cc1ccc(O)cc1)NC(=O)[C@@H]1CCCN1C(=O)[C@@H](CCC(=O)O)NC(=O)[C@H](CCCCN)NC(=O)[C@H](CCCNC(N)=O)NC(=O)[C@H](Cc1ccc(O)cc1)NC(=O)[C@H](CS)NC(=O)[C@H](Cc1ccc2ccccc2c1)NC(=O)[C@H](CCCNC(=N)N)NC(=O)[C@@H](N)CCCNC(=N)N)C(N)=O. The fourth-order valence-electron chi connectivity index (χ4n) is 14.8. The molecule has 5 rings (SSSR count). The first-order valence-corrected chi connectivity index (χ1v) is 47.0. The number of nitrogens with one attached hydrogen (secondary N) is 21. The zero-order valence-corrected chi connectivity index (χ0v) is 79.6. The van der Waals surface area contributed by atoms with Gasteiger partial charge in [-0.15, -0.1) is 0 Å². The first-order valence-electron chi connectivity index (χ1n) is 45.7. The highest BCUT2D eigenvalue weighted by Crippen LogP contribution is 2.24. The van der Waals surface area contributed by atoms with E-state index in [2.05, 4.69) is 116 Å². The molecule has 53 heteroatoms. The van der Waals surface area contributed by atoms with E-state index >= 15 is 24.0 Å². The lowest BCUT2D eigenvalue weighted by atomic mass is 10.00. The van der Waals surface area contributed by atoms with Crippen LogP contribution in [0.15, 0.2) is 91.0 Å². The van der Waals surface area contributed by atoms with E-state index in [9.17, 15) is 78.0 Å². The summed E-state index contributed by atoms with van der Waals surface area (Å²) in [4.78, 5) is 241. The number of nitrogens with zero attached hydrogens (tertiary/aromatic N) is 1. The number of rotatable bonds is 64. The van der Waals surface area contributed by atoms with E-state index in [4.69, 9.17) is 67.5 Å². The van der Waals surface area contributed by atoms with Gasteiger partial charge in [-0.1, -0.05) is 66.7 Å². The number of hydrogen-bond donors (Lipinski definition) is 35. The van der Waals surface area contributed by atoms with Crippen molar-refractivity contribution in [2.45, 2.75) is 226 Å². The second-order valence-electron chi connectivity index (χ2n) is 33.4. The molecule has 0 aliphatic carbocycles. The molecule has 774 valence electrons. The van der Waals surface area contributed by atoms with E-state index in [-0.39, 0.29) is 172 Å². The molecule has 1 aliphatic heterocycles. The van der Waals surface area contributed by atoms with Crippen molar-refractivity contribution in [3.63, 3.8) is 0 Å². The van der Waals surface area contributed by atoms with Gasteiger partial charge in [0.1, 0.15) is 90.0 Å². The Hall–Kier alpha value is -14.8. The number of nitrogens with two attached hydrogens (primary N) is 8. The molecule has 4 aromatic carbocycles. The van der Waals surface area contributed by atoms with Gasteiger partial charge in [-0.25, -0.2) is 4.79 Å². The number of unbranched alkanes of at least 4 members (excludes halogenated alkanes) is 1. The Bertz CT molecular complexity index is 4970. The molecule has 51 nitrogen and oxygen atoms in total. The molecular weight excluding hydrogens is 1880 g/mol. The van der Waals surface area contributed by atoms with Crippen molar-refractivity contribution in [1.82, 2.24) is 95.3 Å². The standard InChI is InChI=1S/C88H134N30O21S2/c89-34-4-3-14-56(74(129)112-61(31-33-69(123)124)83(138)118-40-10-19-67(118)82(137)115-63(43-48-23-28-53(120)29-24-48)78(133)110-58(17-8-38-104-87(98)99)73(128)111-60(30-32-68(121)122)76(131)116-65(45-140)80(135)106-55(70(91)125)15-6-36-102-85(94)95)108-72(127)59(18-9-39-105-88(100)139)109-77(132)62(42-47-21-26-52(119)27-22-47)114-81(136)66(46-141)117-79(134)64(44-49-20-25-50-11-1-2-12-51(50)41-49)113-75(130)57(16-7-37-103-86(96)97)107-71(126)54(90)13-5-35-101-84(92)93/h1-2,11-12,20-29,41,54-67,119-120,140-141H,3-10,13-19,30-40,42-46,89-90H2,(H2,91,125)(H,106,135)(H,107,126)(H,108,127)(H,109,132)(H,110,133)(H,111,128)(H,112,129)(H,113,130)(H,114,136)(H,115,137)(H,116,131)(H,117,134)(H,121,122)(H,123,124)(H4,92,93,101)(H4,94,95,102)(H4,96,97,103)(H4,98,99,104)(H3,100,105,139)/t54-,55-,56-,57-,58-,59-,60+,61+,62-,63-,64-,65-,66-,67-/m0/s1. The molecule has 0 bridgehead atoms. The summed E-state index contributed by atoms with van der Waals surface area (Å²) in [5, 5.41) is 116. The van der Waals surface area contributed by atoms with Crippen LogP contribution >= 0.6 is 25.3 Å². The van der Waals surface area contributed by atoms with Gasteiger partial charge < -0.3 is 162 Å². The Morgan fingerprint density at radius 1 is 0.362 bits per heavy atom. The van der Waals surface area contributed by atoms with E-state index in [0.29, 0.717) is 23.1 Å². The number of carboxylic acids is 2. The van der Waals surface area contributed by atoms with Gasteiger partial charge in [0.15, 0.2) is 23.8 Å². The average Bonchev–Trinajstić information content (AvgIpc) is 1.69. The number of carbonyl (C=O) groups is 17. The highest BCUT2D eigenvalue weighted by atomic mass is 32.1. The van der Waals surface area contributed by atoms with Crippen LogP contribution in [0.25, 0.3) is 10.8 Å². The van der Waals surface area contributed by atoms with Gasteiger partial charge in [0, 0.05) is 82.9 Å². The maximum absolute atomic E-state index is 15.2. The van der Waals surface area contributed by atoms with E-state index in [1.165, 1.54) is 48.5 Å². The number of thiol groups is 2. The van der Waals surface area contributed by atoms with Crippen molar-refractivity contribution in [3.05, 3.63) is 108 Å². The number of primary amides is 2. The summed E-state index contributed by atoms with van der Waals surface area (Å²) >= 11 is 8.61. The number of fused-ring (bicyclic) bond motifs is 1. The number of aliphatic carboxylic acids is 2. The number of amides is 16. The van der Waals surface area contributed by atoms with Gasteiger partial charge in [-0.3, -0.25) is 98.3 Å². The number of aromatic hydroxyl groups is 2. The van der Waals surface area contributed by atoms with Crippen LogP contribution in [0.5, 0.6) is 11.5 Å². The minimum atomic E-state index is -1.80. The Labute approximate surface area is 823 Å². The minimum absolute atomic E-state index is 0.0442. The summed E-state index contributed by atoms with van der Waals surface area (Å²) in [7, 11) is 0. The third kappa shape index (κ3) is 43.4. The Morgan fingerprint density at radius 2 is 0.681 bits per heavy atom. The number of guanidine groups is 4. The van der Waals surface area contributed by atoms with Gasteiger partial charge in [0.25, 0.3) is 0 Å². The normalized spacial score (nSPS) is 14.8. The summed E-state index contributed by atoms with van der Waals surface area (Å²) in [6, 6.07) is 0.321. The van der Waals surface area contributed by atoms with Crippen molar-refractivity contribution < 1.29 is 102 Å². The van der Waals surface area contributed by atoms with Crippen molar-refractivity contribution in [2.75, 3.05) is 57.3 Å². The molecule has 16 amide bonds. The molecule has 1 aliphatic rings. The second kappa shape index (κ2) is 61.5. The largest absolute Gasteiger partial charge is 0.508 e. The average molecular weight is 2010 g/mol. The number of carboxylic acid groups (broad SMARTS) is 2. The first-order chi connectivity index (χ1) is 67.0. The van der Waals surface area contributed by atoms with Crippen molar-refractivity contribution in [2.24, 2.45) is 45.9 Å². The molecule has 1 heterocycles. The van der Waals surface area contributed by atoms with Crippen molar-refractivity contribution in [1.29, 1.82) is 21.6 Å². The second-order valence-corrected chi connectivity index (χ2v) is 34.2. The van der Waals surface area contributed by atoms with Crippen molar-refractivity contribution >= 4 is 161 Å². The van der Waals surface area contributed by atoms with Gasteiger partial charge in [0.2, 0.25) is 82.7 Å². The van der Waals surface area contributed by atoms with Gasteiger partial charge >= 0.3 is 18.0 Å². The molecular formula is C88H134N30O21S2. The number of hydrogen-bond acceptors (Lipinski definition) is 27. The van der Waals surface area contributed by atoms with E-state index in [1.54, 1.807) is 24.3 Å². The lowest BCUT2D eigenvalue weighted by Gasteiger charge is -2.31. The molecule has 0 aromatic heterocycles. The Kier molecular flexibility index (Phi) is 50.9. The molecule has 1 saturated heterocycles. The van der Waals surface area contributed by atoms with Crippen LogP contribution < -0.4 is 136 Å². The first kappa shape index (κ1) is 117. The van der Waals surface area contributed by atoms with Gasteiger partial charge in [-0.2, -0.15) is 25.3 Å². The van der Waals surface area contributed by atoms with Crippen LogP contribution in [0.2, 0.25) is 0 Å². The summed E-state index contributed by atoms with van der Waals surface area (Å²) in [6.07, 6.45) is -3.92. The Morgan fingerprint density at radius 3 is 1.08 bits per heavy atom. The van der Waals surface area contributed by atoms with Crippen LogP contribution in [0.3, 0.4) is 0 Å². The molecule has 14 atom stereocenters. The van der Waals surface area contributed by atoms with Gasteiger partial charge in [-0.05, 0) is 167 Å². The number of phenolic OH excluding ortho intramolecular Hbond substituents is 2. The summed E-state index contributed by atoms with van der Waals surface area (Å²) in [5.74, 6) is -19.8. The summed E-state index contributed by atoms with van der Waals surface area (Å²) < 4.78 is 0. The number of phenols is 2. The molecule has 4 aromatic rings. The molecule has 0 spiro atoms. The van der Waals surface area contributed by atoms with Crippen molar-refractivity contribution in [3.8, 4) is 11.5 Å². The van der Waals surface area contributed by atoms with Crippen LogP contribution in [-0.4, -0.2) is 292 Å². The maximum atomic E-state index is 15.2. The molecule has 0 unspecified atom stereocenters. The maximum Gasteiger partial charge on any atom is 0.312 e. The van der Waals surface area contributed by atoms with E-state index in [1.807, 2.05) is 18.2 Å². The quantitative estimate of drug-likeness (QED) is 0.00845. The highest BCUT2D eigenvalue weighted by Gasteiger charge is 2.42. The lowest BCUT2D eigenvalue weighted by molar-refractivity contribution is -0.143. The predicted octanol–water partition coefficient (Wildman–Crippen LogP) is -6.88.